The zero-order chi connectivity index (χ0) is 61.0. The lowest BCUT2D eigenvalue weighted by molar-refractivity contribution is -0.398. The van der Waals surface area contributed by atoms with E-state index in [0.717, 1.165) is 83.1 Å². The fourth-order valence-electron chi connectivity index (χ4n) is 9.05. The summed E-state index contributed by atoms with van der Waals surface area (Å²) < 4.78 is 120. The highest BCUT2D eigenvalue weighted by molar-refractivity contribution is 5.71. The second-order valence-electron chi connectivity index (χ2n) is 18.5. The summed E-state index contributed by atoms with van der Waals surface area (Å²) in [5.74, 6) is -17.2. The van der Waals surface area contributed by atoms with Gasteiger partial charge in [0.2, 0.25) is 0 Å². The highest BCUT2D eigenvalue weighted by Gasteiger charge is 2.69. The van der Waals surface area contributed by atoms with Crippen molar-refractivity contribution in [2.45, 2.75) is 205 Å². The highest BCUT2D eigenvalue weighted by Crippen LogP contribution is 2.46. The molecule has 20 atom stereocenters. The maximum absolute atomic E-state index is 19.3. The van der Waals surface area contributed by atoms with Gasteiger partial charge in [-0.15, -0.1) is 0 Å². The van der Waals surface area contributed by atoms with Crippen molar-refractivity contribution in [2.75, 3.05) is 26.4 Å². The minimum Gasteiger partial charge on any atom is -0.463 e. The molecule has 4 saturated heterocycles. The number of ether oxygens (including phenoxy) is 18. The first-order valence-electron chi connectivity index (χ1n) is 24.7. The number of alkyl halides is 1. The lowest BCUT2D eigenvalue weighted by atomic mass is 9.83. The zero-order valence-corrected chi connectivity index (χ0v) is 45.8. The van der Waals surface area contributed by atoms with Crippen molar-refractivity contribution in [3.8, 4) is 0 Å². The number of halogens is 1. The van der Waals surface area contributed by atoms with Gasteiger partial charge in [0, 0.05) is 83.1 Å². The highest BCUT2D eigenvalue weighted by atomic mass is 19.2. The van der Waals surface area contributed by atoms with Crippen LogP contribution in [0, 0.1) is 0 Å². The Balaban J connectivity index is 1.99. The number of esters is 12. The molecule has 456 valence electrons. The number of carbonyl (C=O) groups excluding carboxylic acids is 12. The van der Waals surface area contributed by atoms with Crippen LogP contribution in [0.5, 0.6) is 0 Å². The minimum absolute atomic E-state index is 0.737. The molecule has 0 amide bonds. The van der Waals surface area contributed by atoms with Gasteiger partial charge in [0.1, 0.15) is 62.5 Å². The van der Waals surface area contributed by atoms with Crippen molar-refractivity contribution < 1.29 is 157 Å². The Morgan fingerprint density at radius 3 is 1.15 bits per heavy atom. The second kappa shape index (κ2) is 29.3. The van der Waals surface area contributed by atoms with E-state index in [1.165, 1.54) is 0 Å². The summed E-state index contributed by atoms with van der Waals surface area (Å²) in [6, 6.07) is 0. The summed E-state index contributed by atoms with van der Waals surface area (Å²) in [7, 11) is 0. The van der Waals surface area contributed by atoms with E-state index < -0.39 is 220 Å². The van der Waals surface area contributed by atoms with Crippen molar-refractivity contribution >= 4 is 71.6 Å². The third kappa shape index (κ3) is 18.4. The molecule has 33 heteroatoms. The van der Waals surface area contributed by atoms with Crippen molar-refractivity contribution in [1.82, 2.24) is 0 Å². The number of hydrogen-bond acceptors (Lipinski definition) is 32. The van der Waals surface area contributed by atoms with Gasteiger partial charge in [-0.05, 0) is 0 Å². The van der Waals surface area contributed by atoms with Crippen LogP contribution in [0.25, 0.3) is 0 Å². The van der Waals surface area contributed by atoms with E-state index >= 15 is 4.39 Å². The van der Waals surface area contributed by atoms with E-state index in [9.17, 15) is 67.7 Å². The van der Waals surface area contributed by atoms with Crippen molar-refractivity contribution in [1.29, 1.82) is 0 Å². The zero-order valence-electron chi connectivity index (χ0n) is 45.8. The molecule has 4 aliphatic heterocycles. The minimum atomic E-state index is -4.05. The molecular weight excluding hydrogens is 1110 g/mol. The molecule has 4 heterocycles. The molecule has 4 rings (SSSR count). The fourth-order valence-corrected chi connectivity index (χ4v) is 9.05. The van der Waals surface area contributed by atoms with Crippen LogP contribution >= 0.6 is 0 Å². The number of hydrogen-bond donors (Lipinski definition) is 2. The molecule has 0 spiro atoms. The summed E-state index contributed by atoms with van der Waals surface area (Å²) in [6.45, 7) is 6.88. The summed E-state index contributed by atoms with van der Waals surface area (Å²) in [5.41, 5.74) is 0. The summed E-state index contributed by atoms with van der Waals surface area (Å²) in [6.07, 6.45) is -40.7. The Kier molecular flexibility index (Phi) is 24.1. The lowest BCUT2D eigenvalue weighted by Crippen LogP contribution is -2.75. The maximum atomic E-state index is 19.3. The van der Waals surface area contributed by atoms with Gasteiger partial charge in [0.15, 0.2) is 73.6 Å². The standard InChI is InChI=1S/C48H65FO32/c1-17(50)64-13-29-35(68-20(4)53)33(62)39(72-24(8)57)47(79-29)80-40-37(70-22(6)55)30(14-65-18(2)51)77-45(42(40)74-26(10)59)48(49)44(76-28(12)61)34(63)36(69-21(5)54)32(81-48)16-67-46-43(75-27(11)60)41(73-25(9)58)38(71-23(7)56)31(78-46)15-66-19(3)52/h29-47,62-63H,13-16H2,1-12H3/t29-,30-,31-,32-,33+,34+,35-,36-,37-,38-,39-,40+,41+,42-,43-,44-,45-,46-,47+,48-/m1/s1. The van der Waals surface area contributed by atoms with Crippen molar-refractivity contribution in [2.24, 2.45) is 0 Å². The summed E-state index contributed by atoms with van der Waals surface area (Å²) >= 11 is 0. The van der Waals surface area contributed by atoms with Gasteiger partial charge in [-0.1, -0.05) is 0 Å². The van der Waals surface area contributed by atoms with E-state index in [1.807, 2.05) is 0 Å². The van der Waals surface area contributed by atoms with Crippen LogP contribution in [0.2, 0.25) is 0 Å². The second-order valence-corrected chi connectivity index (χ2v) is 18.5. The normalized spacial score (nSPS) is 34.5. The average Bonchev–Trinajstić information content (AvgIpc) is 3.36. The Morgan fingerprint density at radius 1 is 0.358 bits per heavy atom. The van der Waals surface area contributed by atoms with Crippen LogP contribution in [0.1, 0.15) is 83.1 Å². The smallest absolute Gasteiger partial charge is 0.303 e. The molecule has 0 radical (unpaired) electrons. The molecule has 2 N–H and O–H groups in total. The molecule has 0 unspecified atom stereocenters. The Morgan fingerprint density at radius 2 is 0.704 bits per heavy atom. The van der Waals surface area contributed by atoms with E-state index in [0.29, 0.717) is 0 Å². The topological polar surface area (TPSA) is 411 Å². The summed E-state index contributed by atoms with van der Waals surface area (Å²) in [4.78, 5) is 151. The Bertz CT molecular complexity index is 2330. The van der Waals surface area contributed by atoms with Gasteiger partial charge < -0.3 is 95.5 Å². The molecular formula is C48H65FO32. The summed E-state index contributed by atoms with van der Waals surface area (Å²) in [5, 5.41) is 23.9. The van der Waals surface area contributed by atoms with Crippen LogP contribution in [0.3, 0.4) is 0 Å². The number of aliphatic hydroxyl groups excluding tert-OH is 2. The molecule has 32 nitrogen and oxygen atoms in total. The number of aliphatic hydroxyl groups is 2. The van der Waals surface area contributed by atoms with Gasteiger partial charge in [-0.25, -0.2) is 4.39 Å². The van der Waals surface area contributed by atoms with Crippen LogP contribution in [-0.2, 0) is 143 Å². The molecule has 0 aromatic rings. The van der Waals surface area contributed by atoms with Crippen LogP contribution in [-0.4, -0.2) is 230 Å². The molecule has 81 heavy (non-hydrogen) atoms. The van der Waals surface area contributed by atoms with E-state index in [4.69, 9.17) is 85.3 Å². The first kappa shape index (κ1) is 66.8. The van der Waals surface area contributed by atoms with Gasteiger partial charge in [-0.3, -0.25) is 57.5 Å². The first-order chi connectivity index (χ1) is 37.7. The van der Waals surface area contributed by atoms with Gasteiger partial charge in [0.25, 0.3) is 5.85 Å². The maximum Gasteiger partial charge on any atom is 0.303 e. The Labute approximate surface area is 460 Å². The lowest BCUT2D eigenvalue weighted by Gasteiger charge is -2.54. The molecule has 0 saturated carbocycles. The molecule has 4 aliphatic rings. The predicted octanol–water partition coefficient (Wildman–Crippen LogP) is -2.53. The van der Waals surface area contributed by atoms with Crippen molar-refractivity contribution in [3.63, 3.8) is 0 Å². The molecule has 0 aromatic carbocycles. The van der Waals surface area contributed by atoms with Gasteiger partial charge in [-0.2, -0.15) is 0 Å². The SMILES string of the molecule is CC(=O)OC[C@H]1O[C@@H](O[C@@H]2[C@@H](OC(C)=O)[C@H]([C@]3(F)O[C@H](CO[C@@H]4O[C@H](COC(C)=O)[C@@H](OC(C)=O)[C@H](OC(C)=O)[C@H]4OC(C)=O)[C@@H](OC(C)=O)[C@H](O)[C@H]3OC(C)=O)O[C@H](COC(C)=O)[C@H]2OC(C)=O)[C@H](OC(C)=O)[C@@H](O)[C@@H]1OC(C)=O. The van der Waals surface area contributed by atoms with Crippen LogP contribution < -0.4 is 0 Å². The number of rotatable bonds is 21. The van der Waals surface area contributed by atoms with Gasteiger partial charge >= 0.3 is 71.6 Å². The third-order valence-electron chi connectivity index (χ3n) is 11.7. The van der Waals surface area contributed by atoms with E-state index in [2.05, 4.69) is 0 Å². The van der Waals surface area contributed by atoms with E-state index in [1.54, 1.807) is 0 Å². The van der Waals surface area contributed by atoms with Crippen LogP contribution in [0.4, 0.5) is 4.39 Å². The monoisotopic (exact) mass is 1170 g/mol. The largest absolute Gasteiger partial charge is 0.463 e. The van der Waals surface area contributed by atoms with Gasteiger partial charge in [0.05, 0.1) is 6.61 Å². The first-order valence-corrected chi connectivity index (χ1v) is 24.7. The Hall–Kier alpha value is -6.75. The third-order valence-corrected chi connectivity index (χ3v) is 11.7. The van der Waals surface area contributed by atoms with Crippen molar-refractivity contribution in [3.05, 3.63) is 0 Å². The molecule has 4 fully saturated rings. The van der Waals surface area contributed by atoms with Crippen LogP contribution in [0.15, 0.2) is 0 Å². The number of carbonyl (C=O) groups is 12. The van der Waals surface area contributed by atoms with E-state index in [-0.39, 0.29) is 0 Å². The molecule has 0 aromatic heterocycles. The average molecular weight is 1170 g/mol. The quantitative estimate of drug-likeness (QED) is 0.0883. The molecule has 0 aliphatic carbocycles. The fraction of sp³-hybridized carbons (Fsp3) is 0.750. The predicted molar refractivity (Wildman–Crippen MR) is 247 cm³/mol. The molecule has 0 bridgehead atoms.